The number of carbonyl (C=O) groups excluding carboxylic acids is 2. The first-order chi connectivity index (χ1) is 8.35. The van der Waals surface area contributed by atoms with Gasteiger partial charge in [-0.25, -0.2) is 4.79 Å². The molecule has 0 aliphatic heterocycles. The highest BCUT2D eigenvalue weighted by Gasteiger charge is 2.26. The summed E-state index contributed by atoms with van der Waals surface area (Å²) in [5, 5.41) is 5.16. The first-order valence-electron chi connectivity index (χ1n) is 5.39. The Morgan fingerprint density at radius 3 is 2.33 bits per heavy atom. The monoisotopic (exact) mass is 269 g/mol. The SMILES string of the molecule is CC(C)(CCl)C(=O)Nc1cccc(NC(N)=O)c1. The molecule has 0 unspecified atom stereocenters. The van der Waals surface area contributed by atoms with Gasteiger partial charge in [0.05, 0.1) is 5.41 Å². The van der Waals surface area contributed by atoms with E-state index >= 15 is 0 Å². The molecule has 0 fully saturated rings. The molecule has 0 saturated carbocycles. The van der Waals surface area contributed by atoms with Gasteiger partial charge >= 0.3 is 6.03 Å². The van der Waals surface area contributed by atoms with E-state index in [1.54, 1.807) is 38.1 Å². The third kappa shape index (κ3) is 3.92. The van der Waals surface area contributed by atoms with Gasteiger partial charge in [-0.1, -0.05) is 6.07 Å². The number of urea groups is 1. The standard InChI is InChI=1S/C12H16ClN3O2/c1-12(2,7-13)10(17)15-8-4-3-5-9(6-8)16-11(14)18/h3-6H,7H2,1-2H3,(H,15,17)(H3,14,16,18). The maximum absolute atomic E-state index is 11.9. The Bertz CT molecular complexity index is 460. The first kappa shape index (κ1) is 14.3. The fraction of sp³-hybridized carbons (Fsp3) is 0.333. The second kappa shape index (κ2) is 5.73. The highest BCUT2D eigenvalue weighted by molar-refractivity contribution is 6.20. The Morgan fingerprint density at radius 1 is 1.28 bits per heavy atom. The minimum atomic E-state index is -0.658. The molecule has 0 atom stereocenters. The van der Waals surface area contributed by atoms with Crippen LogP contribution in [0.25, 0.3) is 0 Å². The van der Waals surface area contributed by atoms with Crippen LogP contribution in [0.15, 0.2) is 24.3 Å². The Kier molecular flexibility index (Phi) is 4.55. The molecule has 0 heterocycles. The van der Waals surface area contributed by atoms with E-state index in [0.717, 1.165) is 0 Å². The number of carbonyl (C=O) groups is 2. The number of alkyl halides is 1. The Labute approximate surface area is 111 Å². The van der Waals surface area contributed by atoms with Gasteiger partial charge < -0.3 is 16.4 Å². The number of nitrogens with one attached hydrogen (secondary N) is 2. The van der Waals surface area contributed by atoms with Crippen molar-refractivity contribution in [1.82, 2.24) is 0 Å². The van der Waals surface area contributed by atoms with Gasteiger partial charge in [-0.05, 0) is 32.0 Å². The number of rotatable bonds is 4. The van der Waals surface area contributed by atoms with Crippen molar-refractivity contribution >= 4 is 34.9 Å². The van der Waals surface area contributed by atoms with Crippen LogP contribution in [0.4, 0.5) is 16.2 Å². The van der Waals surface area contributed by atoms with Gasteiger partial charge in [-0.3, -0.25) is 4.79 Å². The van der Waals surface area contributed by atoms with Crippen molar-refractivity contribution in [3.8, 4) is 0 Å². The molecule has 0 spiro atoms. The topological polar surface area (TPSA) is 84.2 Å². The van der Waals surface area contributed by atoms with Crippen LogP contribution in [0.1, 0.15) is 13.8 Å². The average Bonchev–Trinajstić information content (AvgIpc) is 2.28. The normalized spacial score (nSPS) is 10.8. The highest BCUT2D eigenvalue weighted by Crippen LogP contribution is 2.21. The van der Waals surface area contributed by atoms with E-state index in [1.807, 2.05) is 0 Å². The lowest BCUT2D eigenvalue weighted by atomic mass is 9.95. The number of benzene rings is 1. The van der Waals surface area contributed by atoms with Gasteiger partial charge in [0.1, 0.15) is 0 Å². The maximum atomic E-state index is 11.9. The molecule has 1 aromatic rings. The lowest BCUT2D eigenvalue weighted by Gasteiger charge is -2.20. The van der Waals surface area contributed by atoms with Crippen LogP contribution in [-0.2, 0) is 4.79 Å². The molecule has 6 heteroatoms. The van der Waals surface area contributed by atoms with E-state index in [-0.39, 0.29) is 11.8 Å². The summed E-state index contributed by atoms with van der Waals surface area (Å²) in [6.45, 7) is 3.50. The maximum Gasteiger partial charge on any atom is 0.316 e. The third-order valence-corrected chi connectivity index (χ3v) is 3.00. The molecule has 3 amide bonds. The fourth-order valence-corrected chi connectivity index (χ4v) is 1.30. The number of nitrogens with two attached hydrogens (primary N) is 1. The minimum absolute atomic E-state index is 0.186. The van der Waals surface area contributed by atoms with Crippen LogP contribution in [-0.4, -0.2) is 17.8 Å². The zero-order chi connectivity index (χ0) is 13.8. The van der Waals surface area contributed by atoms with Gasteiger partial charge in [-0.2, -0.15) is 0 Å². The molecule has 0 radical (unpaired) electrons. The van der Waals surface area contributed by atoms with E-state index < -0.39 is 11.4 Å². The van der Waals surface area contributed by atoms with Crippen LogP contribution in [0.2, 0.25) is 0 Å². The third-order valence-electron chi connectivity index (χ3n) is 2.34. The average molecular weight is 270 g/mol. The number of primary amides is 1. The van der Waals surface area contributed by atoms with Crippen molar-refractivity contribution in [2.24, 2.45) is 11.1 Å². The molecule has 0 bridgehead atoms. The van der Waals surface area contributed by atoms with Crippen molar-refractivity contribution < 1.29 is 9.59 Å². The minimum Gasteiger partial charge on any atom is -0.351 e. The summed E-state index contributed by atoms with van der Waals surface area (Å²) >= 11 is 5.72. The molecule has 18 heavy (non-hydrogen) atoms. The van der Waals surface area contributed by atoms with Gasteiger partial charge in [0.25, 0.3) is 0 Å². The molecular weight excluding hydrogens is 254 g/mol. The van der Waals surface area contributed by atoms with E-state index in [1.165, 1.54) is 0 Å². The first-order valence-corrected chi connectivity index (χ1v) is 5.92. The molecule has 5 nitrogen and oxygen atoms in total. The van der Waals surface area contributed by atoms with Gasteiger partial charge in [0.2, 0.25) is 5.91 Å². The summed E-state index contributed by atoms with van der Waals surface area (Å²) in [7, 11) is 0. The molecule has 1 rings (SSSR count). The summed E-state index contributed by atoms with van der Waals surface area (Å²) in [5.41, 5.74) is 5.44. The molecule has 0 aliphatic carbocycles. The quantitative estimate of drug-likeness (QED) is 0.733. The second-order valence-electron chi connectivity index (χ2n) is 4.54. The molecule has 0 saturated heterocycles. The highest BCUT2D eigenvalue weighted by atomic mass is 35.5. The molecular formula is C12H16ClN3O2. The van der Waals surface area contributed by atoms with Crippen LogP contribution in [0, 0.1) is 5.41 Å². The number of anilines is 2. The largest absolute Gasteiger partial charge is 0.351 e. The summed E-state index contributed by atoms with van der Waals surface area (Å²) in [6, 6.07) is 6.06. The summed E-state index contributed by atoms with van der Waals surface area (Å²) < 4.78 is 0. The van der Waals surface area contributed by atoms with Crippen molar-refractivity contribution in [3.63, 3.8) is 0 Å². The Balaban J connectivity index is 2.79. The van der Waals surface area contributed by atoms with Crippen LogP contribution in [0.3, 0.4) is 0 Å². The smallest absolute Gasteiger partial charge is 0.316 e. The number of amides is 3. The van der Waals surface area contributed by atoms with Crippen LogP contribution >= 0.6 is 11.6 Å². The number of halogens is 1. The van der Waals surface area contributed by atoms with Gasteiger partial charge in [0.15, 0.2) is 0 Å². The molecule has 0 aromatic heterocycles. The lowest BCUT2D eigenvalue weighted by Crippen LogP contribution is -2.32. The van der Waals surface area contributed by atoms with Crippen LogP contribution < -0.4 is 16.4 Å². The van der Waals surface area contributed by atoms with Gasteiger partial charge in [-0.15, -0.1) is 11.6 Å². The van der Waals surface area contributed by atoms with Crippen molar-refractivity contribution in [1.29, 1.82) is 0 Å². The van der Waals surface area contributed by atoms with Crippen LogP contribution in [0.5, 0.6) is 0 Å². The molecule has 0 aliphatic rings. The zero-order valence-corrected chi connectivity index (χ0v) is 11.0. The van der Waals surface area contributed by atoms with E-state index in [9.17, 15) is 9.59 Å². The van der Waals surface area contributed by atoms with E-state index in [4.69, 9.17) is 17.3 Å². The predicted molar refractivity (Wildman–Crippen MR) is 72.8 cm³/mol. The van der Waals surface area contributed by atoms with Gasteiger partial charge in [0, 0.05) is 17.3 Å². The molecule has 1 aromatic carbocycles. The summed E-state index contributed by atoms with van der Waals surface area (Å²) in [4.78, 5) is 22.6. The Morgan fingerprint density at radius 2 is 1.83 bits per heavy atom. The second-order valence-corrected chi connectivity index (χ2v) is 4.81. The molecule has 4 N–H and O–H groups in total. The van der Waals surface area contributed by atoms with E-state index in [0.29, 0.717) is 11.4 Å². The fourth-order valence-electron chi connectivity index (χ4n) is 1.18. The number of hydrogen-bond acceptors (Lipinski definition) is 2. The predicted octanol–water partition coefficient (Wildman–Crippen LogP) is 2.38. The van der Waals surface area contributed by atoms with Crippen molar-refractivity contribution in [3.05, 3.63) is 24.3 Å². The van der Waals surface area contributed by atoms with Crippen molar-refractivity contribution in [2.75, 3.05) is 16.5 Å². The number of hydrogen-bond donors (Lipinski definition) is 3. The summed E-state index contributed by atoms with van der Waals surface area (Å²) in [6.07, 6.45) is 0. The van der Waals surface area contributed by atoms with E-state index in [2.05, 4.69) is 10.6 Å². The Hall–Kier alpha value is -1.75. The summed E-state index contributed by atoms with van der Waals surface area (Å²) in [5.74, 6) is 0.0339. The van der Waals surface area contributed by atoms with Crippen molar-refractivity contribution in [2.45, 2.75) is 13.8 Å². The lowest BCUT2D eigenvalue weighted by molar-refractivity contribution is -0.122. The molecule has 98 valence electrons. The zero-order valence-electron chi connectivity index (χ0n) is 10.3.